The Morgan fingerprint density at radius 1 is 0.941 bits per heavy atom. The first-order valence-electron chi connectivity index (χ1n) is 7.53. The van der Waals surface area contributed by atoms with Crippen LogP contribution in [-0.4, -0.2) is 55.1 Å². The third-order valence-corrected chi connectivity index (χ3v) is 5.01. The third kappa shape index (κ3) is 2.83. The van der Waals surface area contributed by atoms with Crippen molar-refractivity contribution in [3.8, 4) is 0 Å². The molecular formula is C14H27N3. The van der Waals surface area contributed by atoms with Crippen LogP contribution in [0.15, 0.2) is 0 Å². The van der Waals surface area contributed by atoms with E-state index in [9.17, 15) is 0 Å². The molecule has 3 aliphatic rings. The standard InChI is InChI=1S/C14H27N3/c15-10-13-2-1-3-14(13)17-8-6-16(7-9-17)11-12-4-5-12/h12-14H,1-11,15H2. The van der Waals surface area contributed by atoms with Crippen LogP contribution in [0.25, 0.3) is 0 Å². The number of hydrogen-bond donors (Lipinski definition) is 1. The van der Waals surface area contributed by atoms with E-state index in [4.69, 9.17) is 5.73 Å². The first-order valence-corrected chi connectivity index (χ1v) is 7.53. The van der Waals surface area contributed by atoms with E-state index in [2.05, 4.69) is 9.80 Å². The van der Waals surface area contributed by atoms with E-state index in [1.807, 2.05) is 0 Å². The van der Waals surface area contributed by atoms with Gasteiger partial charge in [-0.25, -0.2) is 0 Å². The Bertz CT molecular complexity index is 244. The van der Waals surface area contributed by atoms with Crippen molar-refractivity contribution in [1.82, 2.24) is 9.80 Å². The van der Waals surface area contributed by atoms with Gasteiger partial charge in [0.2, 0.25) is 0 Å². The predicted molar refractivity (Wildman–Crippen MR) is 70.9 cm³/mol. The summed E-state index contributed by atoms with van der Waals surface area (Å²) in [5, 5.41) is 0. The van der Waals surface area contributed by atoms with Crippen molar-refractivity contribution >= 4 is 0 Å². The molecule has 3 fully saturated rings. The third-order valence-electron chi connectivity index (χ3n) is 5.01. The zero-order valence-corrected chi connectivity index (χ0v) is 11.0. The van der Waals surface area contributed by atoms with Gasteiger partial charge in [0, 0.05) is 38.8 Å². The first kappa shape index (κ1) is 11.9. The molecule has 2 atom stereocenters. The highest BCUT2D eigenvalue weighted by atomic mass is 15.3. The highest BCUT2D eigenvalue weighted by molar-refractivity contribution is 4.89. The van der Waals surface area contributed by atoms with E-state index >= 15 is 0 Å². The van der Waals surface area contributed by atoms with Gasteiger partial charge in [0.05, 0.1) is 0 Å². The summed E-state index contributed by atoms with van der Waals surface area (Å²) in [5.74, 6) is 1.83. The van der Waals surface area contributed by atoms with Crippen molar-refractivity contribution in [3.05, 3.63) is 0 Å². The van der Waals surface area contributed by atoms with Crippen molar-refractivity contribution in [3.63, 3.8) is 0 Å². The van der Waals surface area contributed by atoms with Crippen LogP contribution in [0.4, 0.5) is 0 Å². The maximum atomic E-state index is 5.90. The monoisotopic (exact) mass is 237 g/mol. The molecule has 98 valence electrons. The molecule has 0 amide bonds. The van der Waals surface area contributed by atoms with Gasteiger partial charge in [-0.05, 0) is 44.1 Å². The van der Waals surface area contributed by atoms with Gasteiger partial charge in [-0.1, -0.05) is 6.42 Å². The van der Waals surface area contributed by atoms with Crippen LogP contribution in [0.5, 0.6) is 0 Å². The molecule has 0 radical (unpaired) electrons. The minimum Gasteiger partial charge on any atom is -0.330 e. The molecule has 0 aromatic rings. The second-order valence-corrected chi connectivity index (χ2v) is 6.27. The van der Waals surface area contributed by atoms with Crippen molar-refractivity contribution in [2.45, 2.75) is 38.1 Å². The fraction of sp³-hybridized carbons (Fsp3) is 1.00. The molecule has 17 heavy (non-hydrogen) atoms. The first-order chi connectivity index (χ1) is 8.36. The Kier molecular flexibility index (Phi) is 3.69. The minimum absolute atomic E-state index is 0.782. The van der Waals surface area contributed by atoms with Gasteiger partial charge in [0.15, 0.2) is 0 Å². The summed E-state index contributed by atoms with van der Waals surface area (Å²) in [7, 11) is 0. The Labute approximate surface area is 105 Å². The summed E-state index contributed by atoms with van der Waals surface area (Å²) < 4.78 is 0. The van der Waals surface area contributed by atoms with E-state index < -0.39 is 0 Å². The van der Waals surface area contributed by atoms with Crippen LogP contribution in [0.1, 0.15) is 32.1 Å². The lowest BCUT2D eigenvalue weighted by molar-refractivity contribution is 0.0785. The van der Waals surface area contributed by atoms with Crippen LogP contribution in [0, 0.1) is 11.8 Å². The lowest BCUT2D eigenvalue weighted by atomic mass is 10.0. The van der Waals surface area contributed by atoms with Gasteiger partial charge in [-0.3, -0.25) is 4.90 Å². The van der Waals surface area contributed by atoms with Crippen LogP contribution >= 0.6 is 0 Å². The van der Waals surface area contributed by atoms with Gasteiger partial charge in [-0.15, -0.1) is 0 Å². The number of rotatable bonds is 4. The lowest BCUT2D eigenvalue weighted by Gasteiger charge is -2.40. The molecule has 1 heterocycles. The topological polar surface area (TPSA) is 32.5 Å². The van der Waals surface area contributed by atoms with Crippen LogP contribution < -0.4 is 5.73 Å². The summed E-state index contributed by atoms with van der Waals surface area (Å²) in [6.07, 6.45) is 7.12. The Hall–Kier alpha value is -0.120. The summed E-state index contributed by atoms with van der Waals surface area (Å²) in [6, 6.07) is 0.808. The van der Waals surface area contributed by atoms with Gasteiger partial charge in [-0.2, -0.15) is 0 Å². The fourth-order valence-electron chi connectivity index (χ4n) is 3.72. The molecule has 0 spiro atoms. The number of nitrogens with two attached hydrogens (primary N) is 1. The lowest BCUT2D eigenvalue weighted by Crippen LogP contribution is -2.52. The summed E-state index contributed by atoms with van der Waals surface area (Å²) in [5.41, 5.74) is 5.90. The van der Waals surface area contributed by atoms with Crippen molar-refractivity contribution in [1.29, 1.82) is 0 Å². The van der Waals surface area contributed by atoms with Gasteiger partial charge in [0.25, 0.3) is 0 Å². The Morgan fingerprint density at radius 3 is 2.35 bits per heavy atom. The van der Waals surface area contributed by atoms with Gasteiger partial charge >= 0.3 is 0 Å². The maximum absolute atomic E-state index is 5.90. The van der Waals surface area contributed by atoms with E-state index in [-0.39, 0.29) is 0 Å². The zero-order valence-electron chi connectivity index (χ0n) is 11.0. The zero-order chi connectivity index (χ0) is 11.7. The van der Waals surface area contributed by atoms with Crippen molar-refractivity contribution in [2.75, 3.05) is 39.3 Å². The average molecular weight is 237 g/mol. The Morgan fingerprint density at radius 2 is 1.71 bits per heavy atom. The van der Waals surface area contributed by atoms with Crippen LogP contribution in [0.3, 0.4) is 0 Å². The van der Waals surface area contributed by atoms with E-state index in [1.54, 1.807) is 0 Å². The quantitative estimate of drug-likeness (QED) is 0.796. The molecule has 2 N–H and O–H groups in total. The van der Waals surface area contributed by atoms with E-state index in [1.165, 1.54) is 64.8 Å². The molecule has 2 saturated carbocycles. The average Bonchev–Trinajstić information content (AvgIpc) is 3.05. The molecule has 1 aliphatic heterocycles. The molecular weight excluding hydrogens is 210 g/mol. The van der Waals surface area contributed by atoms with Crippen LogP contribution in [-0.2, 0) is 0 Å². The number of nitrogens with zero attached hydrogens (tertiary/aromatic N) is 2. The molecule has 0 bridgehead atoms. The maximum Gasteiger partial charge on any atom is 0.0137 e. The second kappa shape index (κ2) is 5.25. The molecule has 0 aromatic carbocycles. The second-order valence-electron chi connectivity index (χ2n) is 6.27. The number of piperazine rings is 1. The van der Waals surface area contributed by atoms with E-state index in [0.717, 1.165) is 24.4 Å². The van der Waals surface area contributed by atoms with Crippen molar-refractivity contribution in [2.24, 2.45) is 17.6 Å². The summed E-state index contributed by atoms with van der Waals surface area (Å²) >= 11 is 0. The van der Waals surface area contributed by atoms with Crippen LogP contribution in [0.2, 0.25) is 0 Å². The summed E-state index contributed by atoms with van der Waals surface area (Å²) in [4.78, 5) is 5.41. The molecule has 0 aromatic heterocycles. The fourth-order valence-corrected chi connectivity index (χ4v) is 3.72. The van der Waals surface area contributed by atoms with Gasteiger partial charge < -0.3 is 10.6 Å². The summed E-state index contributed by atoms with van der Waals surface area (Å²) in [6.45, 7) is 7.43. The normalized spacial score (nSPS) is 36.5. The highest BCUT2D eigenvalue weighted by Gasteiger charge is 2.33. The molecule has 3 rings (SSSR count). The minimum atomic E-state index is 0.782. The molecule has 2 aliphatic carbocycles. The highest BCUT2D eigenvalue weighted by Crippen LogP contribution is 2.32. The van der Waals surface area contributed by atoms with Gasteiger partial charge in [0.1, 0.15) is 0 Å². The SMILES string of the molecule is NCC1CCCC1N1CCN(CC2CC2)CC1. The Balaban J connectivity index is 1.46. The number of hydrogen-bond acceptors (Lipinski definition) is 3. The smallest absolute Gasteiger partial charge is 0.0137 e. The van der Waals surface area contributed by atoms with Crippen molar-refractivity contribution < 1.29 is 0 Å². The molecule has 1 saturated heterocycles. The predicted octanol–water partition coefficient (Wildman–Crippen LogP) is 1.14. The largest absolute Gasteiger partial charge is 0.330 e. The van der Waals surface area contributed by atoms with E-state index in [0.29, 0.717) is 0 Å². The molecule has 3 heteroatoms. The molecule has 3 nitrogen and oxygen atoms in total. The molecule has 2 unspecified atom stereocenters.